The molecule has 0 radical (unpaired) electrons. The van der Waals surface area contributed by atoms with Crippen LogP contribution >= 0.6 is 11.3 Å². The number of nitrogens with two attached hydrogens (primary N) is 2. The van der Waals surface area contributed by atoms with Crippen molar-refractivity contribution in [2.75, 3.05) is 11.5 Å². The highest BCUT2D eigenvalue weighted by molar-refractivity contribution is 7.19. The van der Waals surface area contributed by atoms with Crippen molar-refractivity contribution in [2.45, 2.75) is 32.6 Å². The van der Waals surface area contributed by atoms with Gasteiger partial charge in [-0.05, 0) is 42.2 Å². The van der Waals surface area contributed by atoms with Gasteiger partial charge in [-0.3, -0.25) is 0 Å². The van der Waals surface area contributed by atoms with E-state index in [-0.39, 0.29) is 11.8 Å². The first-order valence-corrected chi connectivity index (χ1v) is 10.4. The van der Waals surface area contributed by atoms with Crippen molar-refractivity contribution in [1.29, 1.82) is 0 Å². The summed E-state index contributed by atoms with van der Waals surface area (Å²) in [5, 5.41) is 0.924. The zero-order chi connectivity index (χ0) is 20.4. The van der Waals surface area contributed by atoms with Crippen LogP contribution in [0.4, 0.5) is 16.0 Å². The standard InChI is InChI=1S/C22H22FN5S/c1-2-3-4-5-18-20(24)19-16(13-6-8-15(23)9-7-13)10-17(28-21(19)29-18)14-11-26-22(25)27-12-14/h6-12H,2-5,24H2,1H3,(H2,25,26,27). The Morgan fingerprint density at radius 1 is 1.00 bits per heavy atom. The van der Waals surface area contributed by atoms with Crippen LogP contribution in [0.2, 0.25) is 0 Å². The lowest BCUT2D eigenvalue weighted by Gasteiger charge is -2.09. The average molecular weight is 408 g/mol. The molecule has 7 heteroatoms. The lowest BCUT2D eigenvalue weighted by Crippen LogP contribution is -1.95. The van der Waals surface area contributed by atoms with Gasteiger partial charge in [-0.1, -0.05) is 31.9 Å². The molecule has 29 heavy (non-hydrogen) atoms. The normalized spacial score (nSPS) is 11.2. The van der Waals surface area contributed by atoms with E-state index in [2.05, 4.69) is 16.9 Å². The predicted molar refractivity (Wildman–Crippen MR) is 118 cm³/mol. The molecule has 148 valence electrons. The molecule has 0 aliphatic rings. The minimum absolute atomic E-state index is 0.215. The zero-order valence-corrected chi connectivity index (χ0v) is 17.0. The summed E-state index contributed by atoms with van der Waals surface area (Å²) in [6.45, 7) is 2.18. The van der Waals surface area contributed by atoms with Gasteiger partial charge in [0.25, 0.3) is 0 Å². The van der Waals surface area contributed by atoms with Crippen molar-refractivity contribution in [3.05, 3.63) is 53.4 Å². The van der Waals surface area contributed by atoms with Gasteiger partial charge in [-0.25, -0.2) is 19.3 Å². The first-order chi connectivity index (χ1) is 14.1. The second-order valence-electron chi connectivity index (χ2n) is 6.97. The summed E-state index contributed by atoms with van der Waals surface area (Å²) in [6, 6.07) is 8.41. The van der Waals surface area contributed by atoms with Gasteiger partial charge in [0.05, 0.1) is 11.4 Å². The van der Waals surface area contributed by atoms with E-state index in [4.69, 9.17) is 16.5 Å². The number of hydrogen-bond donors (Lipinski definition) is 2. The van der Waals surface area contributed by atoms with E-state index in [1.807, 2.05) is 6.07 Å². The number of nitrogen functional groups attached to an aromatic ring is 2. The molecule has 0 bridgehead atoms. The number of thiophene rings is 1. The predicted octanol–water partition coefficient (Wildman–Crippen LogP) is 5.46. The van der Waals surface area contributed by atoms with E-state index in [0.29, 0.717) is 0 Å². The molecule has 0 unspecified atom stereocenters. The van der Waals surface area contributed by atoms with Crippen molar-refractivity contribution < 1.29 is 4.39 Å². The molecule has 0 fully saturated rings. The lowest BCUT2D eigenvalue weighted by atomic mass is 10.00. The van der Waals surface area contributed by atoms with Crippen LogP contribution in [0.5, 0.6) is 0 Å². The number of pyridine rings is 1. The Morgan fingerprint density at radius 3 is 2.41 bits per heavy atom. The van der Waals surface area contributed by atoms with Gasteiger partial charge in [0.1, 0.15) is 10.6 Å². The van der Waals surface area contributed by atoms with Crippen LogP contribution in [0.15, 0.2) is 42.7 Å². The first kappa shape index (κ1) is 19.3. The van der Waals surface area contributed by atoms with Crippen LogP contribution in [-0.4, -0.2) is 15.0 Å². The summed E-state index contributed by atoms with van der Waals surface area (Å²) >= 11 is 1.62. The maximum atomic E-state index is 13.5. The van der Waals surface area contributed by atoms with Gasteiger partial charge in [0.15, 0.2) is 0 Å². The van der Waals surface area contributed by atoms with Gasteiger partial charge in [0, 0.05) is 28.2 Å². The zero-order valence-electron chi connectivity index (χ0n) is 16.2. The summed E-state index contributed by atoms with van der Waals surface area (Å²) in [5.74, 6) is -0.0584. The number of benzene rings is 1. The smallest absolute Gasteiger partial charge is 0.219 e. The Balaban J connectivity index is 1.90. The van der Waals surface area contributed by atoms with Crippen molar-refractivity contribution in [2.24, 2.45) is 0 Å². The lowest BCUT2D eigenvalue weighted by molar-refractivity contribution is 0.628. The average Bonchev–Trinajstić information content (AvgIpc) is 3.04. The highest BCUT2D eigenvalue weighted by Crippen LogP contribution is 2.41. The highest BCUT2D eigenvalue weighted by Gasteiger charge is 2.18. The minimum Gasteiger partial charge on any atom is -0.397 e. The number of nitrogens with zero attached hydrogens (tertiary/aromatic N) is 3. The molecule has 4 rings (SSSR count). The van der Waals surface area contributed by atoms with Crippen molar-refractivity contribution in [1.82, 2.24) is 15.0 Å². The number of hydrogen-bond acceptors (Lipinski definition) is 6. The molecule has 0 amide bonds. The van der Waals surface area contributed by atoms with Gasteiger partial charge in [-0.15, -0.1) is 11.3 Å². The number of aromatic nitrogens is 3. The van der Waals surface area contributed by atoms with Gasteiger partial charge in [-0.2, -0.15) is 0 Å². The fourth-order valence-corrected chi connectivity index (χ4v) is 4.52. The third-order valence-corrected chi connectivity index (χ3v) is 6.07. The van der Waals surface area contributed by atoms with E-state index < -0.39 is 0 Å². The van der Waals surface area contributed by atoms with Gasteiger partial charge in [0.2, 0.25) is 5.95 Å². The summed E-state index contributed by atoms with van der Waals surface area (Å²) in [7, 11) is 0. The fraction of sp³-hybridized carbons (Fsp3) is 0.227. The van der Waals surface area contributed by atoms with Gasteiger partial charge >= 0.3 is 0 Å². The number of unbranched alkanes of at least 4 members (excludes halogenated alkanes) is 2. The molecule has 0 aliphatic carbocycles. The van der Waals surface area contributed by atoms with E-state index in [0.717, 1.165) is 62.4 Å². The van der Waals surface area contributed by atoms with E-state index in [9.17, 15) is 4.39 Å². The molecular weight excluding hydrogens is 385 g/mol. The molecular formula is C22H22FN5S. The molecule has 3 aromatic heterocycles. The number of halogens is 1. The topological polar surface area (TPSA) is 90.7 Å². The number of rotatable bonds is 6. The Labute approximate surface area is 172 Å². The third kappa shape index (κ3) is 3.91. The SMILES string of the molecule is CCCCCc1sc2nc(-c3cnc(N)nc3)cc(-c3ccc(F)cc3)c2c1N. The van der Waals surface area contributed by atoms with Crippen molar-refractivity contribution in [3.63, 3.8) is 0 Å². The summed E-state index contributed by atoms with van der Waals surface area (Å²) in [5.41, 5.74) is 16.3. The molecule has 4 aromatic rings. The van der Waals surface area contributed by atoms with Crippen LogP contribution in [0, 0.1) is 5.82 Å². The van der Waals surface area contributed by atoms with Crippen LogP contribution in [0.3, 0.4) is 0 Å². The molecule has 0 saturated heterocycles. The number of anilines is 2. The van der Waals surface area contributed by atoms with E-state index >= 15 is 0 Å². The number of aryl methyl sites for hydroxylation is 1. The molecule has 0 saturated carbocycles. The van der Waals surface area contributed by atoms with Gasteiger partial charge < -0.3 is 11.5 Å². The van der Waals surface area contributed by atoms with Crippen LogP contribution in [-0.2, 0) is 6.42 Å². The maximum absolute atomic E-state index is 13.5. The Kier molecular flexibility index (Phi) is 5.40. The summed E-state index contributed by atoms with van der Waals surface area (Å²) in [4.78, 5) is 15.0. The molecule has 0 spiro atoms. The van der Waals surface area contributed by atoms with E-state index in [1.54, 1.807) is 35.9 Å². The first-order valence-electron chi connectivity index (χ1n) is 9.62. The Hall–Kier alpha value is -3.06. The van der Waals surface area contributed by atoms with Crippen molar-refractivity contribution in [3.8, 4) is 22.4 Å². The molecule has 5 nitrogen and oxygen atoms in total. The maximum Gasteiger partial charge on any atom is 0.219 e. The molecule has 0 atom stereocenters. The highest BCUT2D eigenvalue weighted by atomic mass is 32.1. The molecule has 1 aromatic carbocycles. The summed E-state index contributed by atoms with van der Waals surface area (Å²) < 4.78 is 13.5. The quantitative estimate of drug-likeness (QED) is 0.414. The fourth-order valence-electron chi connectivity index (χ4n) is 3.36. The Morgan fingerprint density at radius 2 is 1.72 bits per heavy atom. The monoisotopic (exact) mass is 407 g/mol. The van der Waals surface area contributed by atoms with Crippen LogP contribution in [0.25, 0.3) is 32.6 Å². The number of fused-ring (bicyclic) bond motifs is 1. The Bertz CT molecular complexity index is 1140. The largest absolute Gasteiger partial charge is 0.397 e. The van der Waals surface area contributed by atoms with Crippen molar-refractivity contribution >= 4 is 33.2 Å². The molecule has 3 heterocycles. The second-order valence-corrected chi connectivity index (χ2v) is 8.05. The third-order valence-electron chi connectivity index (χ3n) is 4.91. The molecule has 0 aliphatic heterocycles. The minimum atomic E-state index is -0.273. The van der Waals surface area contributed by atoms with Crippen LogP contribution < -0.4 is 11.5 Å². The van der Waals surface area contributed by atoms with E-state index in [1.165, 1.54) is 18.6 Å². The summed E-state index contributed by atoms with van der Waals surface area (Å²) in [6.07, 6.45) is 7.67. The second kappa shape index (κ2) is 8.13. The molecule has 4 N–H and O–H groups in total. The van der Waals surface area contributed by atoms with Crippen LogP contribution in [0.1, 0.15) is 31.1 Å².